The van der Waals surface area contributed by atoms with Crippen LogP contribution in [0.15, 0.2) is 104 Å². The Morgan fingerprint density at radius 3 is 1.50 bits per heavy atom. The maximum Gasteiger partial charge on any atom is 0.326 e. The van der Waals surface area contributed by atoms with Crippen molar-refractivity contribution >= 4 is 152 Å². The first-order valence-electron chi connectivity index (χ1n) is 45.3. The second kappa shape index (κ2) is 55.4. The normalized spacial score (nSPS) is 15.7. The number of ketones is 1. The van der Waals surface area contributed by atoms with E-state index >= 15 is 9.59 Å². The number of phenols is 2. The number of aromatic amines is 1. The zero-order valence-electron chi connectivity index (χ0n) is 76.4. The van der Waals surface area contributed by atoms with Gasteiger partial charge >= 0.3 is 5.97 Å². The fourth-order valence-electron chi connectivity index (χ4n) is 15.5. The minimum Gasteiger partial charge on any atom is -0.508 e. The van der Waals surface area contributed by atoms with E-state index in [1.807, 2.05) is 64.2 Å². The Balaban J connectivity index is 1.04. The lowest BCUT2D eigenvalue weighted by molar-refractivity contribution is -0.144. The molecule has 0 spiro atoms. The van der Waals surface area contributed by atoms with Crippen molar-refractivity contribution in [2.45, 2.75) is 255 Å². The monoisotopic (exact) mass is 2100 g/mol. The molecule has 43 heteroatoms. The summed E-state index contributed by atoms with van der Waals surface area (Å²) >= 11 is 4.05. The van der Waals surface area contributed by atoms with Gasteiger partial charge in [-0.15, -0.1) is 0 Å². The summed E-state index contributed by atoms with van der Waals surface area (Å²) in [5, 5.41) is 69.8. The number of aryl methyl sites for hydroxylation is 1. The van der Waals surface area contributed by atoms with Crippen LogP contribution in [0, 0.1) is 24.4 Å². The maximum atomic E-state index is 15.2. The maximum absolute atomic E-state index is 15.2. The second-order valence-electron chi connectivity index (χ2n) is 34.5. The van der Waals surface area contributed by atoms with Crippen molar-refractivity contribution in [2.75, 3.05) is 32.7 Å². The molecule has 25 N–H and O–H groups in total. The number of hydrogen-bond acceptors (Lipinski definition) is 22. The second-order valence-corrected chi connectivity index (χ2v) is 36.9. The van der Waals surface area contributed by atoms with Crippen LogP contribution in [0.4, 0.5) is 0 Å². The number of guanidine groups is 1. The molecule has 12 atom stereocenters. The zero-order valence-corrected chi connectivity index (χ0v) is 80.7. The highest BCUT2D eigenvalue weighted by Crippen LogP contribution is 2.29. The van der Waals surface area contributed by atoms with Gasteiger partial charge in [-0.1, -0.05) is 114 Å². The third kappa shape index (κ3) is 36.7. The van der Waals surface area contributed by atoms with Crippen molar-refractivity contribution < 1.29 is 96.8 Å². The molecule has 1 aromatic heterocycles. The Morgan fingerprint density at radius 2 is 0.956 bits per heavy atom. The summed E-state index contributed by atoms with van der Waals surface area (Å²) in [6.07, 6.45) is 3.72. The lowest BCUT2D eigenvalue weighted by atomic mass is 9.98. The summed E-state index contributed by atoms with van der Waals surface area (Å²) in [4.78, 5) is 247. The molecular formula is C92H127I2N21O20. The first-order valence-corrected chi connectivity index (χ1v) is 47.5. The number of H-pyrrole nitrogens is 1. The molecule has 15 amide bonds. The molecule has 0 unspecified atom stereocenters. The van der Waals surface area contributed by atoms with Crippen LogP contribution < -0.4 is 86.7 Å². The molecule has 5 aromatic rings. The van der Waals surface area contributed by atoms with Crippen molar-refractivity contribution in [2.24, 2.45) is 34.8 Å². The Morgan fingerprint density at radius 1 is 0.489 bits per heavy atom. The first-order chi connectivity index (χ1) is 64.2. The smallest absolute Gasteiger partial charge is 0.326 e. The topological polar surface area (TPSA) is 658 Å². The van der Waals surface area contributed by atoms with Crippen LogP contribution in [0.2, 0.25) is 0 Å². The summed E-state index contributed by atoms with van der Waals surface area (Å²) in [6.45, 7) is 8.30. The van der Waals surface area contributed by atoms with Crippen LogP contribution in [-0.4, -0.2) is 247 Å². The number of amides is 15. The number of benzene rings is 4. The number of primary amides is 2. The lowest BCUT2D eigenvalue weighted by Crippen LogP contribution is -2.61. The SMILES string of the molecule is CCCC[C@H](NC(=O)[C@@H]1CCCN1C(=O)[C@H](CCC(N)=O)NC(=O)CNC(=O)[C@@H]1CCCN1C(=O)[C@H](CCCNC(=N)N)NC(=O)[C@H](CC(C)C)NC(=O)[C@H](CCC(N)=O)NC(=O)[C@H](CC(C)C)NC(=O)[C@H](Cc1ccc(C(=O)c2ccccc2)cc1)NC(=O)[C@H](Cc1cnc[nH]1)NC(=O)[C@@H](N)CCCCNC(=O)CCc1cc(I)c(O)c(I)c1)C(=O)N[C@@H](Cc1ccc(O)cc1)C(=O)O. The first kappa shape index (κ1) is 110. The third-order valence-electron chi connectivity index (χ3n) is 22.7. The van der Waals surface area contributed by atoms with Crippen molar-refractivity contribution in [3.05, 3.63) is 144 Å². The Kier molecular flexibility index (Phi) is 45.0. The van der Waals surface area contributed by atoms with E-state index < -0.39 is 193 Å². The van der Waals surface area contributed by atoms with Gasteiger partial charge in [-0.3, -0.25) is 82.1 Å². The molecule has 41 nitrogen and oxygen atoms in total. The van der Waals surface area contributed by atoms with E-state index in [0.29, 0.717) is 73.6 Å². The molecule has 7 rings (SSSR count). The predicted molar refractivity (Wildman–Crippen MR) is 513 cm³/mol. The number of aromatic hydroxyl groups is 2. The Hall–Kier alpha value is -12.4. The van der Waals surface area contributed by atoms with Crippen LogP contribution in [0.5, 0.6) is 11.5 Å². The van der Waals surface area contributed by atoms with Gasteiger partial charge in [-0.2, -0.15) is 0 Å². The minimum atomic E-state index is -1.66. The van der Waals surface area contributed by atoms with Crippen molar-refractivity contribution in [3.63, 3.8) is 0 Å². The van der Waals surface area contributed by atoms with Gasteiger partial charge in [0.2, 0.25) is 88.6 Å². The number of nitrogens with one attached hydrogen (secondary N) is 14. The van der Waals surface area contributed by atoms with Crippen molar-refractivity contribution in [1.29, 1.82) is 5.41 Å². The van der Waals surface area contributed by atoms with Crippen LogP contribution in [0.3, 0.4) is 0 Å². The van der Waals surface area contributed by atoms with E-state index in [1.54, 1.807) is 82.3 Å². The average molecular weight is 2100 g/mol. The van der Waals surface area contributed by atoms with Gasteiger partial charge in [-0.25, -0.2) is 9.78 Å². The van der Waals surface area contributed by atoms with Crippen LogP contribution in [-0.2, 0) is 102 Å². The number of aliphatic carboxylic acids is 1. The summed E-state index contributed by atoms with van der Waals surface area (Å²) < 4.78 is 1.34. The van der Waals surface area contributed by atoms with Gasteiger partial charge in [0.1, 0.15) is 78.0 Å². The van der Waals surface area contributed by atoms with Gasteiger partial charge in [0.15, 0.2) is 11.7 Å². The minimum absolute atomic E-state index is 0.00474. The molecular weight excluding hydrogens is 1970 g/mol. The number of carboxylic acid groups (broad SMARTS) is 1. The fourth-order valence-corrected chi connectivity index (χ4v) is 17.4. The van der Waals surface area contributed by atoms with E-state index in [9.17, 15) is 87.2 Å². The molecule has 2 saturated heterocycles. The largest absolute Gasteiger partial charge is 0.508 e. The van der Waals surface area contributed by atoms with Crippen LogP contribution >= 0.6 is 45.2 Å². The number of carboxylic acids is 1. The Labute approximate surface area is 810 Å². The number of phenolic OH excluding ortho intramolecular Hbond substituents is 2. The number of aromatic nitrogens is 2. The lowest BCUT2D eigenvalue weighted by Gasteiger charge is -2.31. The van der Waals surface area contributed by atoms with E-state index in [2.05, 4.69) is 73.8 Å². The fraction of sp³-hybridized carbons (Fsp3) is 0.511. The molecule has 2 fully saturated rings. The third-order valence-corrected chi connectivity index (χ3v) is 24.4. The molecule has 0 bridgehead atoms. The predicted octanol–water partition coefficient (Wildman–Crippen LogP) is 1.16. The van der Waals surface area contributed by atoms with E-state index in [0.717, 1.165) is 5.56 Å². The molecule has 0 saturated carbocycles. The summed E-state index contributed by atoms with van der Waals surface area (Å²) in [6, 6.07) is 7.29. The number of rotatable bonds is 56. The number of carbonyl (C=O) groups excluding carboxylic acids is 16. The van der Waals surface area contributed by atoms with Crippen LogP contribution in [0.25, 0.3) is 0 Å². The molecule has 135 heavy (non-hydrogen) atoms. The number of hydrogen-bond donors (Lipinski definition) is 21. The summed E-state index contributed by atoms with van der Waals surface area (Å²) in [5.74, 6) is -14.9. The number of unbranched alkanes of at least 4 members (excludes halogenated alkanes) is 2. The standard InChI is InChI=1S/C92H127I2N21O20/c1-6-7-19-63(81(124)113-71(91(134)135)46-54-25-30-59(116)31-26-54)107-88(131)73-22-15-40-115(73)90(133)66(33-35-75(97)118)105-77(120)49-103-87(130)72-21-14-39-114(72)89(132)65(20-13-38-102-92(98)99)108-84(127)68(42-52(4)5)110-82(125)64(32-34-74(96)117)106-83(126)67(41-51(2)3)111-85(128)69(45-53-23-28-57(29-24-53)78(121)56-16-9-8-10-17-56)112-86(129)70(47-58-48-100-50-104-58)109-80(123)62(95)18-11-12-37-101-76(119)36-27-55-43-60(93)79(122)61(94)44-55/h8-10,16-17,23-26,28-31,43-44,48,50-52,62-73,116,122H,6-7,11-15,18-22,27,32-42,45-47,49,95H2,1-5H3,(H2,96,117)(H2,97,118)(H,100,104)(H,101,119)(H,103,130)(H,105,120)(H,106,126)(H,107,131)(H,108,127)(H,109,123)(H,110,125)(H,111,128)(H,112,129)(H,113,124)(H,134,135)(H4,98,99,102)/t62-,63-,64-,65-,66-,67-,68-,69-,70-,71-,72-,73-/m0/s1. The number of halogens is 2. The number of imidazole rings is 1. The summed E-state index contributed by atoms with van der Waals surface area (Å²) in [7, 11) is 0. The van der Waals surface area contributed by atoms with Gasteiger partial charge < -0.3 is 117 Å². The molecule has 2 aliphatic rings. The van der Waals surface area contributed by atoms with E-state index in [1.165, 1.54) is 46.6 Å². The highest BCUT2D eigenvalue weighted by Gasteiger charge is 2.43. The van der Waals surface area contributed by atoms with Gasteiger partial charge in [0.25, 0.3) is 0 Å². The number of likely N-dealkylation sites (tertiary alicyclic amines) is 2. The quantitative estimate of drug-likeness (QED) is 0.00854. The van der Waals surface area contributed by atoms with E-state index in [-0.39, 0.29) is 151 Å². The molecule has 4 aromatic carbocycles. The van der Waals surface area contributed by atoms with Gasteiger partial charge in [0, 0.05) is 87.7 Å². The molecule has 734 valence electrons. The molecule has 2 aliphatic heterocycles. The Bertz CT molecular complexity index is 4910. The summed E-state index contributed by atoms with van der Waals surface area (Å²) in [5.41, 5.74) is 26.1. The number of nitrogens with zero attached hydrogens (tertiary/aromatic N) is 3. The molecule has 0 radical (unpaired) electrons. The molecule has 3 heterocycles. The number of nitrogens with two attached hydrogens (primary N) is 4. The average Bonchev–Trinajstić information content (AvgIpc) is 1.74. The zero-order chi connectivity index (χ0) is 99.1. The van der Waals surface area contributed by atoms with Crippen LogP contribution in [0.1, 0.15) is 195 Å². The number of carbonyl (C=O) groups is 17. The van der Waals surface area contributed by atoms with Crippen molar-refractivity contribution in [3.8, 4) is 11.5 Å². The highest BCUT2D eigenvalue weighted by molar-refractivity contribution is 14.1. The van der Waals surface area contributed by atoms with Crippen molar-refractivity contribution in [1.82, 2.24) is 83.6 Å². The van der Waals surface area contributed by atoms with Gasteiger partial charge in [-0.05, 0) is 194 Å². The molecule has 0 aliphatic carbocycles. The van der Waals surface area contributed by atoms with E-state index in [4.69, 9.17) is 28.3 Å². The van der Waals surface area contributed by atoms with Gasteiger partial charge in [0.05, 0.1) is 26.1 Å². The highest BCUT2D eigenvalue weighted by atomic mass is 127.